The molecule has 3 N–H and O–H groups in total. The Kier molecular flexibility index (Phi) is 4.73. The normalized spacial score (nSPS) is 14.7. The maximum absolute atomic E-state index is 11.4. The van der Waals surface area contributed by atoms with Crippen molar-refractivity contribution in [1.82, 2.24) is 0 Å². The number of primary amides is 1. The van der Waals surface area contributed by atoms with Crippen LogP contribution in [0, 0.1) is 0 Å². The van der Waals surface area contributed by atoms with Crippen molar-refractivity contribution in [2.45, 2.75) is 18.1 Å². The van der Waals surface area contributed by atoms with Crippen LogP contribution in [0.4, 0.5) is 0 Å². The van der Waals surface area contributed by atoms with Gasteiger partial charge in [-0.25, -0.2) is 0 Å². The molecule has 2 unspecified atom stereocenters. The molecule has 0 heterocycles. The van der Waals surface area contributed by atoms with E-state index in [4.69, 9.17) is 17.3 Å². The van der Waals surface area contributed by atoms with Gasteiger partial charge in [-0.1, -0.05) is 37.2 Å². The van der Waals surface area contributed by atoms with Crippen LogP contribution < -0.4 is 5.73 Å². The van der Waals surface area contributed by atoms with Gasteiger partial charge in [0, 0.05) is 16.5 Å². The number of nitrogens with two attached hydrogens (primary N) is 1. The zero-order chi connectivity index (χ0) is 14.8. The first-order valence-electron chi connectivity index (χ1n) is 5.35. The molecule has 0 radical (unpaired) electrons. The van der Waals surface area contributed by atoms with Crippen molar-refractivity contribution in [3.63, 3.8) is 0 Å². The highest BCUT2D eigenvalue weighted by Gasteiger charge is 2.35. The van der Waals surface area contributed by atoms with Crippen LogP contribution in [0.15, 0.2) is 36.4 Å². The van der Waals surface area contributed by atoms with Gasteiger partial charge in [-0.05, 0) is 17.7 Å². The second-order valence-corrected chi connectivity index (χ2v) is 6.14. The molecule has 0 aliphatic rings. The van der Waals surface area contributed by atoms with Crippen LogP contribution in [-0.2, 0) is 14.9 Å². The van der Waals surface area contributed by atoms with E-state index in [-0.39, 0.29) is 5.57 Å². The number of amides is 1. The minimum absolute atomic E-state index is 0.357. The lowest BCUT2D eigenvalue weighted by molar-refractivity contribution is -0.114. The first-order chi connectivity index (χ1) is 8.64. The van der Waals surface area contributed by atoms with E-state index in [1.54, 1.807) is 31.2 Å². The lowest BCUT2D eigenvalue weighted by Gasteiger charge is -2.22. The molecule has 0 spiro atoms. The summed E-state index contributed by atoms with van der Waals surface area (Å²) < 4.78 is 32.1. The Balaban J connectivity index is 3.23. The number of hydrogen-bond donors (Lipinski definition) is 2. The molecule has 1 amide bonds. The Morgan fingerprint density at radius 2 is 1.84 bits per heavy atom. The third-order valence-corrected chi connectivity index (χ3v) is 4.42. The minimum Gasteiger partial charge on any atom is -0.366 e. The summed E-state index contributed by atoms with van der Waals surface area (Å²) in [5.41, 5.74) is 5.27. The summed E-state index contributed by atoms with van der Waals surface area (Å²) >= 11 is 5.74. The van der Waals surface area contributed by atoms with Gasteiger partial charge in [0.25, 0.3) is 10.1 Å². The summed E-state index contributed by atoms with van der Waals surface area (Å²) in [6.07, 6.45) is 0. The summed E-state index contributed by atoms with van der Waals surface area (Å²) in [7, 11) is -4.50. The Morgan fingerprint density at radius 1 is 1.37 bits per heavy atom. The van der Waals surface area contributed by atoms with Gasteiger partial charge in [0.05, 0.1) is 0 Å². The molecule has 1 aromatic carbocycles. The third-order valence-electron chi connectivity index (χ3n) is 2.83. The molecule has 0 saturated heterocycles. The molecule has 1 aromatic rings. The van der Waals surface area contributed by atoms with Crippen LogP contribution in [-0.4, -0.2) is 24.1 Å². The van der Waals surface area contributed by atoms with Crippen molar-refractivity contribution < 1.29 is 17.8 Å². The maximum Gasteiger partial charge on any atom is 0.272 e. The van der Waals surface area contributed by atoms with E-state index < -0.39 is 27.2 Å². The lowest BCUT2D eigenvalue weighted by atomic mass is 9.93. The molecule has 0 aromatic heterocycles. The van der Waals surface area contributed by atoms with Crippen molar-refractivity contribution in [2.24, 2.45) is 5.73 Å². The molecule has 0 aliphatic heterocycles. The molecule has 2 atom stereocenters. The number of carbonyl (C=O) groups is 1. The number of carbonyl (C=O) groups excluding carboxylic acids is 1. The highest BCUT2D eigenvalue weighted by atomic mass is 35.5. The molecular formula is C12H14ClNO4S. The second-order valence-electron chi connectivity index (χ2n) is 4.17. The van der Waals surface area contributed by atoms with Crippen molar-refractivity contribution >= 4 is 27.6 Å². The smallest absolute Gasteiger partial charge is 0.272 e. The first kappa shape index (κ1) is 15.7. The third kappa shape index (κ3) is 3.79. The van der Waals surface area contributed by atoms with Gasteiger partial charge in [-0.2, -0.15) is 8.42 Å². The Labute approximate surface area is 116 Å². The van der Waals surface area contributed by atoms with E-state index >= 15 is 0 Å². The largest absolute Gasteiger partial charge is 0.366 e. The maximum atomic E-state index is 11.4. The van der Waals surface area contributed by atoms with Gasteiger partial charge in [-0.15, -0.1) is 0 Å². The van der Waals surface area contributed by atoms with Crippen molar-refractivity contribution in [3.05, 3.63) is 47.0 Å². The Bertz CT molecular complexity index is 595. The van der Waals surface area contributed by atoms with Crippen LogP contribution in [0.3, 0.4) is 0 Å². The number of benzene rings is 1. The average Bonchev–Trinajstić information content (AvgIpc) is 2.27. The quantitative estimate of drug-likeness (QED) is 0.639. The van der Waals surface area contributed by atoms with Crippen LogP contribution in [0.2, 0.25) is 5.02 Å². The van der Waals surface area contributed by atoms with Crippen LogP contribution in [0.1, 0.15) is 18.4 Å². The van der Waals surface area contributed by atoms with E-state index in [1.807, 2.05) is 0 Å². The zero-order valence-corrected chi connectivity index (χ0v) is 11.8. The SMILES string of the molecule is C=C(C(N)=O)C(C(C)c1ccc(Cl)cc1)S(=O)(=O)O. The molecule has 19 heavy (non-hydrogen) atoms. The van der Waals surface area contributed by atoms with Gasteiger partial charge >= 0.3 is 0 Å². The van der Waals surface area contributed by atoms with Crippen molar-refractivity contribution in [3.8, 4) is 0 Å². The summed E-state index contributed by atoms with van der Waals surface area (Å²) in [6, 6.07) is 6.39. The zero-order valence-electron chi connectivity index (χ0n) is 10.2. The van der Waals surface area contributed by atoms with Gasteiger partial charge < -0.3 is 5.73 Å². The fraction of sp³-hybridized carbons (Fsp3) is 0.250. The fourth-order valence-corrected chi connectivity index (χ4v) is 3.10. The van der Waals surface area contributed by atoms with Gasteiger partial charge in [0.2, 0.25) is 5.91 Å². The van der Waals surface area contributed by atoms with E-state index in [2.05, 4.69) is 6.58 Å². The molecule has 1 rings (SSSR count). The molecule has 104 valence electrons. The summed E-state index contributed by atoms with van der Waals surface area (Å²) in [6.45, 7) is 4.90. The Hall–Kier alpha value is -1.37. The van der Waals surface area contributed by atoms with Gasteiger partial charge in [-0.3, -0.25) is 9.35 Å². The molecule has 0 saturated carbocycles. The number of hydrogen-bond acceptors (Lipinski definition) is 3. The standard InChI is InChI=1S/C12H14ClNO4S/c1-7(9-3-5-10(13)6-4-9)11(19(16,17)18)8(2)12(14)15/h3-7,11H,2H2,1H3,(H2,14,15)(H,16,17,18). The Morgan fingerprint density at radius 3 is 2.21 bits per heavy atom. The van der Waals surface area contributed by atoms with Gasteiger partial charge in [0.15, 0.2) is 0 Å². The molecule has 0 fully saturated rings. The summed E-state index contributed by atoms with van der Waals surface area (Å²) in [5, 5.41) is -0.987. The van der Waals surface area contributed by atoms with E-state index in [0.29, 0.717) is 10.6 Å². The second kappa shape index (κ2) is 5.73. The van der Waals surface area contributed by atoms with Crippen LogP contribution in [0.25, 0.3) is 0 Å². The van der Waals surface area contributed by atoms with Crippen molar-refractivity contribution in [2.75, 3.05) is 0 Å². The van der Waals surface area contributed by atoms with Crippen LogP contribution >= 0.6 is 11.6 Å². The number of rotatable bonds is 5. The predicted octanol–water partition coefficient (Wildman–Crippen LogP) is 1.74. The first-order valence-corrected chi connectivity index (χ1v) is 7.23. The molecule has 0 bridgehead atoms. The summed E-state index contributed by atoms with van der Waals surface area (Å²) in [4.78, 5) is 11.1. The number of halogens is 1. The van der Waals surface area contributed by atoms with Gasteiger partial charge in [0.1, 0.15) is 5.25 Å². The monoisotopic (exact) mass is 303 g/mol. The molecular weight excluding hydrogens is 290 g/mol. The predicted molar refractivity (Wildman–Crippen MR) is 73.5 cm³/mol. The molecule has 0 aliphatic carbocycles. The minimum atomic E-state index is -4.50. The highest BCUT2D eigenvalue weighted by Crippen LogP contribution is 2.29. The topological polar surface area (TPSA) is 97.5 Å². The van der Waals surface area contributed by atoms with Crippen molar-refractivity contribution in [1.29, 1.82) is 0 Å². The van der Waals surface area contributed by atoms with E-state index in [9.17, 15) is 17.8 Å². The van der Waals surface area contributed by atoms with E-state index in [0.717, 1.165) is 0 Å². The molecule has 7 heteroatoms. The average molecular weight is 304 g/mol. The highest BCUT2D eigenvalue weighted by molar-refractivity contribution is 7.86. The summed E-state index contributed by atoms with van der Waals surface area (Å²) in [5.74, 6) is -1.66. The lowest BCUT2D eigenvalue weighted by Crippen LogP contribution is -2.34. The van der Waals surface area contributed by atoms with Crippen LogP contribution in [0.5, 0.6) is 0 Å². The fourth-order valence-electron chi connectivity index (χ4n) is 1.82. The van der Waals surface area contributed by atoms with E-state index in [1.165, 1.54) is 0 Å². The molecule has 5 nitrogen and oxygen atoms in total.